The number of Topliss-reactive ketones (excluding diaryl/α,β-unsaturated/α-hetero) is 1. The van der Waals surface area contributed by atoms with Crippen molar-refractivity contribution in [2.24, 2.45) is 34.0 Å². The molecule has 0 aliphatic carbocycles. The van der Waals surface area contributed by atoms with Gasteiger partial charge in [-0.15, -0.1) is 0 Å². The number of amides is 3. The van der Waals surface area contributed by atoms with Crippen LogP contribution in [0.2, 0.25) is 0 Å². The Labute approximate surface area is 198 Å². The van der Waals surface area contributed by atoms with Crippen LogP contribution in [0.5, 0.6) is 0 Å². The quantitative estimate of drug-likeness (QED) is 0.161. The molecule has 0 radical (unpaired) electrons. The SMILES string of the molecule is CN1C[C@H](C(=O)C2C[C@H](C(N)=O)NC(=O)[C@H]2CCCN=C(N)N)NC(=O)[C@H]1Cc1ccccc1. The molecule has 2 aliphatic heterocycles. The molecule has 1 aromatic rings. The van der Waals surface area contributed by atoms with E-state index < -0.39 is 41.8 Å². The monoisotopic (exact) mass is 471 g/mol. The number of hydrogen-bond donors (Lipinski definition) is 5. The molecule has 0 bridgehead atoms. The molecule has 0 spiro atoms. The predicted octanol–water partition coefficient (Wildman–Crippen LogP) is -1.74. The summed E-state index contributed by atoms with van der Waals surface area (Å²) < 4.78 is 0. The fourth-order valence-electron chi connectivity index (χ4n) is 4.73. The van der Waals surface area contributed by atoms with Gasteiger partial charge in [-0.1, -0.05) is 30.3 Å². The number of nitrogens with zero attached hydrogens (tertiary/aromatic N) is 2. The van der Waals surface area contributed by atoms with Crippen LogP contribution in [0, 0.1) is 11.8 Å². The maximum absolute atomic E-state index is 13.5. The van der Waals surface area contributed by atoms with Gasteiger partial charge in [0.25, 0.3) is 0 Å². The van der Waals surface area contributed by atoms with Gasteiger partial charge in [0.15, 0.2) is 11.7 Å². The molecule has 0 aromatic heterocycles. The van der Waals surface area contributed by atoms with E-state index in [4.69, 9.17) is 17.2 Å². The van der Waals surface area contributed by atoms with Crippen LogP contribution in [0.15, 0.2) is 35.3 Å². The number of piperazine rings is 1. The smallest absolute Gasteiger partial charge is 0.240 e. The van der Waals surface area contributed by atoms with Crippen LogP contribution in [0.3, 0.4) is 0 Å². The van der Waals surface area contributed by atoms with Crippen molar-refractivity contribution in [2.45, 2.75) is 43.8 Å². The van der Waals surface area contributed by atoms with E-state index in [1.54, 1.807) is 7.05 Å². The fourth-order valence-corrected chi connectivity index (χ4v) is 4.73. The van der Waals surface area contributed by atoms with E-state index in [1.807, 2.05) is 35.2 Å². The molecule has 5 atom stereocenters. The van der Waals surface area contributed by atoms with E-state index in [1.165, 1.54) is 0 Å². The van der Waals surface area contributed by atoms with E-state index in [-0.39, 0.29) is 24.1 Å². The number of piperidine rings is 1. The molecule has 1 unspecified atom stereocenters. The largest absolute Gasteiger partial charge is 0.370 e. The molecule has 2 saturated heterocycles. The number of carbonyl (C=O) groups excluding carboxylic acids is 4. The van der Waals surface area contributed by atoms with Crippen molar-refractivity contribution < 1.29 is 19.2 Å². The fraction of sp³-hybridized carbons (Fsp3) is 0.522. The predicted molar refractivity (Wildman–Crippen MR) is 126 cm³/mol. The van der Waals surface area contributed by atoms with Gasteiger partial charge in [0.2, 0.25) is 17.7 Å². The second-order valence-corrected chi connectivity index (χ2v) is 8.97. The Hall–Kier alpha value is -3.47. The average molecular weight is 472 g/mol. The van der Waals surface area contributed by atoms with Crippen LogP contribution >= 0.6 is 0 Å². The number of nitrogens with one attached hydrogen (secondary N) is 2. The Morgan fingerprint density at radius 3 is 2.35 bits per heavy atom. The zero-order valence-electron chi connectivity index (χ0n) is 19.3. The molecule has 1 aromatic carbocycles. The zero-order chi connectivity index (χ0) is 24.8. The van der Waals surface area contributed by atoms with Crippen molar-refractivity contribution >= 4 is 29.5 Å². The molecule has 0 saturated carbocycles. The van der Waals surface area contributed by atoms with E-state index in [0.717, 1.165) is 5.56 Å². The highest BCUT2D eigenvalue weighted by Crippen LogP contribution is 2.30. The van der Waals surface area contributed by atoms with Gasteiger partial charge in [-0.25, -0.2) is 0 Å². The Kier molecular flexibility index (Phi) is 8.21. The third-order valence-electron chi connectivity index (χ3n) is 6.54. The van der Waals surface area contributed by atoms with Crippen LogP contribution in [-0.2, 0) is 25.6 Å². The maximum Gasteiger partial charge on any atom is 0.240 e. The normalized spacial score (nSPS) is 27.4. The van der Waals surface area contributed by atoms with E-state index in [9.17, 15) is 19.2 Å². The minimum atomic E-state index is -0.932. The lowest BCUT2D eigenvalue weighted by Crippen LogP contribution is -2.64. The second kappa shape index (κ2) is 11.1. The molecular weight excluding hydrogens is 438 g/mol. The Morgan fingerprint density at radius 2 is 1.74 bits per heavy atom. The van der Waals surface area contributed by atoms with E-state index >= 15 is 0 Å². The topological polar surface area (TPSA) is 186 Å². The van der Waals surface area contributed by atoms with Crippen molar-refractivity contribution in [1.82, 2.24) is 15.5 Å². The minimum Gasteiger partial charge on any atom is -0.370 e. The molecule has 8 N–H and O–H groups in total. The third kappa shape index (κ3) is 6.10. The highest BCUT2D eigenvalue weighted by Gasteiger charge is 2.45. The molecule has 3 amide bonds. The first-order valence-electron chi connectivity index (χ1n) is 11.4. The van der Waals surface area contributed by atoms with E-state index in [0.29, 0.717) is 32.4 Å². The molecule has 34 heavy (non-hydrogen) atoms. The lowest BCUT2D eigenvalue weighted by atomic mass is 9.75. The first kappa shape index (κ1) is 25.2. The third-order valence-corrected chi connectivity index (χ3v) is 6.54. The summed E-state index contributed by atoms with van der Waals surface area (Å²) in [5, 5.41) is 5.45. The summed E-state index contributed by atoms with van der Waals surface area (Å²) in [6, 6.07) is 7.53. The van der Waals surface area contributed by atoms with Crippen molar-refractivity contribution in [3.8, 4) is 0 Å². The summed E-state index contributed by atoms with van der Waals surface area (Å²) in [6.45, 7) is 0.624. The molecule has 2 heterocycles. The molecule has 11 nitrogen and oxygen atoms in total. The summed E-state index contributed by atoms with van der Waals surface area (Å²) in [5.41, 5.74) is 17.1. The molecule has 184 valence electrons. The summed E-state index contributed by atoms with van der Waals surface area (Å²) >= 11 is 0. The first-order chi connectivity index (χ1) is 16.2. The first-order valence-corrected chi connectivity index (χ1v) is 11.4. The Bertz CT molecular complexity index is 948. The van der Waals surface area contributed by atoms with Gasteiger partial charge in [-0.2, -0.15) is 0 Å². The number of benzene rings is 1. The second-order valence-electron chi connectivity index (χ2n) is 8.97. The number of aliphatic imine (C=N–C) groups is 1. The number of carbonyl (C=O) groups is 4. The number of rotatable bonds is 9. The standard InChI is InChI=1S/C23H33N7O4/c1-30-12-17(29-22(34)18(30)10-13-6-3-2-4-7-13)19(31)15-11-16(20(24)32)28-21(33)14(15)8-5-9-27-23(25)26/h2-4,6-7,14-18H,5,8-12H2,1H3,(H2,24,32)(H,28,33)(H,29,34)(H4,25,26,27)/t14-,15?,16+,17+,18+/m0/s1. The molecular formula is C23H33N7O4. The average Bonchev–Trinajstić information content (AvgIpc) is 2.79. The molecule has 3 rings (SSSR count). The highest BCUT2D eigenvalue weighted by molar-refractivity contribution is 5.98. The molecule has 2 aliphatic rings. The number of ketones is 1. The van der Waals surface area contributed by atoms with E-state index in [2.05, 4.69) is 15.6 Å². The van der Waals surface area contributed by atoms with Crippen LogP contribution in [0.1, 0.15) is 24.8 Å². The van der Waals surface area contributed by atoms with Gasteiger partial charge >= 0.3 is 0 Å². The highest BCUT2D eigenvalue weighted by atomic mass is 16.2. The maximum atomic E-state index is 13.5. The minimum absolute atomic E-state index is 0.0486. The van der Waals surface area contributed by atoms with Gasteiger partial charge in [0.1, 0.15) is 12.1 Å². The molecule has 11 heteroatoms. The van der Waals surface area contributed by atoms with Crippen molar-refractivity contribution in [3.05, 3.63) is 35.9 Å². The number of hydrogen-bond acceptors (Lipinski definition) is 6. The number of primary amides is 1. The van der Waals surface area contributed by atoms with Crippen LogP contribution in [0.25, 0.3) is 0 Å². The lowest BCUT2D eigenvalue weighted by molar-refractivity contribution is -0.144. The summed E-state index contributed by atoms with van der Waals surface area (Å²) in [6.07, 6.45) is 1.46. The van der Waals surface area contributed by atoms with Gasteiger partial charge in [0.05, 0.1) is 6.04 Å². The zero-order valence-corrected chi connectivity index (χ0v) is 19.3. The summed E-state index contributed by atoms with van der Waals surface area (Å²) in [7, 11) is 1.80. The van der Waals surface area contributed by atoms with Crippen molar-refractivity contribution in [2.75, 3.05) is 20.1 Å². The Morgan fingerprint density at radius 1 is 1.06 bits per heavy atom. The van der Waals surface area contributed by atoms with Gasteiger partial charge in [-0.3, -0.25) is 29.1 Å². The summed E-state index contributed by atoms with van der Waals surface area (Å²) in [4.78, 5) is 56.8. The lowest BCUT2D eigenvalue weighted by Gasteiger charge is -2.40. The van der Waals surface area contributed by atoms with Gasteiger partial charge in [-0.05, 0) is 38.3 Å². The Balaban J connectivity index is 1.72. The van der Waals surface area contributed by atoms with Crippen molar-refractivity contribution in [1.29, 1.82) is 0 Å². The van der Waals surface area contributed by atoms with Crippen LogP contribution in [0.4, 0.5) is 0 Å². The number of guanidine groups is 1. The molecule has 2 fully saturated rings. The van der Waals surface area contributed by atoms with Gasteiger partial charge < -0.3 is 27.8 Å². The summed E-state index contributed by atoms with van der Waals surface area (Å²) in [5.74, 6) is -3.09. The van der Waals surface area contributed by atoms with Gasteiger partial charge in [0, 0.05) is 24.9 Å². The van der Waals surface area contributed by atoms with Crippen molar-refractivity contribution in [3.63, 3.8) is 0 Å². The number of likely N-dealkylation sites (N-methyl/N-ethyl adjacent to an activating group) is 1. The van der Waals surface area contributed by atoms with Crippen LogP contribution in [-0.4, -0.2) is 72.6 Å². The number of nitrogens with two attached hydrogens (primary N) is 3. The van der Waals surface area contributed by atoms with Crippen LogP contribution < -0.4 is 27.8 Å².